The Hall–Kier alpha value is -3.11. The van der Waals surface area contributed by atoms with Crippen LogP contribution in [0.1, 0.15) is 16.7 Å². The number of thioether (sulfide) groups is 1. The van der Waals surface area contributed by atoms with Gasteiger partial charge in [-0.15, -0.1) is 0 Å². The van der Waals surface area contributed by atoms with Gasteiger partial charge < -0.3 is 0 Å². The lowest BCUT2D eigenvalue weighted by Gasteiger charge is -2.16. The molecule has 0 bridgehead atoms. The molecule has 0 spiro atoms. The standard InChI is InChI=1S/C24H19NO2S/c1-16-13-14-19(15-17(16)2)25-23(26)21(18-9-5-3-6-10-18)22(24(25)27)28-20-11-7-4-8-12-20/h3-15H,1-2H3. The highest BCUT2D eigenvalue weighted by molar-refractivity contribution is 8.04. The van der Waals surface area contributed by atoms with Gasteiger partial charge in [0.15, 0.2) is 0 Å². The number of hydrogen-bond donors (Lipinski definition) is 0. The summed E-state index contributed by atoms with van der Waals surface area (Å²) < 4.78 is 0. The number of nitrogens with zero attached hydrogens (tertiary/aromatic N) is 1. The third kappa shape index (κ3) is 3.27. The molecule has 28 heavy (non-hydrogen) atoms. The summed E-state index contributed by atoms with van der Waals surface area (Å²) in [6, 6.07) is 24.7. The maximum absolute atomic E-state index is 13.3. The number of amides is 2. The molecular weight excluding hydrogens is 366 g/mol. The van der Waals surface area contributed by atoms with Gasteiger partial charge >= 0.3 is 0 Å². The topological polar surface area (TPSA) is 37.4 Å². The zero-order chi connectivity index (χ0) is 19.7. The van der Waals surface area contributed by atoms with Gasteiger partial charge in [0.1, 0.15) is 0 Å². The molecule has 1 aliphatic heterocycles. The van der Waals surface area contributed by atoms with Gasteiger partial charge in [0.2, 0.25) is 0 Å². The summed E-state index contributed by atoms with van der Waals surface area (Å²) in [7, 11) is 0. The summed E-state index contributed by atoms with van der Waals surface area (Å²) in [5.74, 6) is -0.557. The van der Waals surface area contributed by atoms with E-state index in [1.807, 2.05) is 92.7 Å². The Balaban J connectivity index is 1.82. The number of hydrogen-bond acceptors (Lipinski definition) is 3. The first-order chi connectivity index (χ1) is 13.6. The monoisotopic (exact) mass is 385 g/mol. The Labute approximate surface area is 168 Å². The van der Waals surface area contributed by atoms with Crippen LogP contribution >= 0.6 is 11.8 Å². The van der Waals surface area contributed by atoms with Crippen LogP contribution in [-0.2, 0) is 9.59 Å². The molecular formula is C24H19NO2S. The van der Waals surface area contributed by atoms with E-state index < -0.39 is 0 Å². The third-order valence-corrected chi connectivity index (χ3v) is 5.91. The molecule has 1 heterocycles. The number of benzene rings is 3. The predicted molar refractivity (Wildman–Crippen MR) is 114 cm³/mol. The molecule has 0 atom stereocenters. The summed E-state index contributed by atoms with van der Waals surface area (Å²) in [5, 5.41) is 0. The molecule has 0 aliphatic carbocycles. The molecule has 0 aromatic heterocycles. The van der Waals surface area contributed by atoms with Crippen LogP contribution in [0.15, 0.2) is 88.7 Å². The molecule has 3 nitrogen and oxygen atoms in total. The summed E-state index contributed by atoms with van der Waals surface area (Å²) in [6.45, 7) is 3.99. The van der Waals surface area contributed by atoms with Crippen molar-refractivity contribution in [1.29, 1.82) is 0 Å². The first-order valence-electron chi connectivity index (χ1n) is 9.05. The van der Waals surface area contributed by atoms with Crippen LogP contribution in [-0.4, -0.2) is 11.8 Å². The number of aryl methyl sites for hydroxylation is 2. The van der Waals surface area contributed by atoms with Gasteiger partial charge in [-0.2, -0.15) is 0 Å². The van der Waals surface area contributed by atoms with Crippen molar-refractivity contribution in [2.24, 2.45) is 0 Å². The zero-order valence-corrected chi connectivity index (χ0v) is 16.5. The number of rotatable bonds is 4. The summed E-state index contributed by atoms with van der Waals surface area (Å²) in [5.41, 5.74) is 3.99. The molecule has 0 N–H and O–H groups in total. The third-order valence-electron chi connectivity index (χ3n) is 4.82. The van der Waals surface area contributed by atoms with Crippen LogP contribution in [0.4, 0.5) is 5.69 Å². The normalized spacial score (nSPS) is 14.1. The van der Waals surface area contributed by atoms with E-state index in [4.69, 9.17) is 0 Å². The fraction of sp³-hybridized carbons (Fsp3) is 0.0833. The van der Waals surface area contributed by atoms with Crippen molar-refractivity contribution in [2.75, 3.05) is 4.90 Å². The highest BCUT2D eigenvalue weighted by atomic mass is 32.2. The van der Waals surface area contributed by atoms with E-state index in [2.05, 4.69) is 0 Å². The number of imide groups is 1. The van der Waals surface area contributed by atoms with Crippen molar-refractivity contribution >= 4 is 34.8 Å². The molecule has 0 saturated heterocycles. The van der Waals surface area contributed by atoms with E-state index in [-0.39, 0.29) is 11.8 Å². The SMILES string of the molecule is Cc1ccc(N2C(=O)C(Sc3ccccc3)=C(c3ccccc3)C2=O)cc1C. The molecule has 2 amide bonds. The molecule has 138 valence electrons. The van der Waals surface area contributed by atoms with Crippen molar-refractivity contribution in [1.82, 2.24) is 0 Å². The summed E-state index contributed by atoms with van der Waals surface area (Å²) >= 11 is 1.34. The molecule has 0 unspecified atom stereocenters. The second-order valence-corrected chi connectivity index (χ2v) is 7.78. The Morgan fingerprint density at radius 2 is 1.36 bits per heavy atom. The Morgan fingerprint density at radius 3 is 2.00 bits per heavy atom. The largest absolute Gasteiger partial charge is 0.272 e. The average Bonchev–Trinajstić information content (AvgIpc) is 2.95. The van der Waals surface area contributed by atoms with Crippen LogP contribution in [0, 0.1) is 13.8 Å². The van der Waals surface area contributed by atoms with Crippen LogP contribution < -0.4 is 4.90 Å². The highest BCUT2D eigenvalue weighted by Crippen LogP contribution is 2.41. The van der Waals surface area contributed by atoms with Gasteiger partial charge in [-0.3, -0.25) is 9.59 Å². The van der Waals surface area contributed by atoms with E-state index in [0.29, 0.717) is 16.2 Å². The first-order valence-corrected chi connectivity index (χ1v) is 9.86. The maximum atomic E-state index is 13.3. The minimum absolute atomic E-state index is 0.277. The average molecular weight is 385 g/mol. The molecule has 4 heteroatoms. The predicted octanol–water partition coefficient (Wildman–Crippen LogP) is 5.38. The van der Waals surface area contributed by atoms with Crippen molar-refractivity contribution in [3.63, 3.8) is 0 Å². The lowest BCUT2D eigenvalue weighted by molar-refractivity contribution is -0.119. The Morgan fingerprint density at radius 1 is 0.714 bits per heavy atom. The lowest BCUT2D eigenvalue weighted by Crippen LogP contribution is -2.31. The van der Waals surface area contributed by atoms with Crippen molar-refractivity contribution in [3.05, 3.63) is 100 Å². The molecule has 3 aromatic rings. The van der Waals surface area contributed by atoms with E-state index >= 15 is 0 Å². The van der Waals surface area contributed by atoms with Gasteiger partial charge in [0, 0.05) is 4.90 Å². The van der Waals surface area contributed by atoms with Gasteiger partial charge in [0.05, 0.1) is 16.2 Å². The van der Waals surface area contributed by atoms with Gasteiger partial charge in [0.25, 0.3) is 11.8 Å². The second-order valence-electron chi connectivity index (χ2n) is 6.70. The van der Waals surface area contributed by atoms with Gasteiger partial charge in [-0.05, 0) is 54.8 Å². The molecule has 1 aliphatic rings. The fourth-order valence-electron chi connectivity index (χ4n) is 3.17. The molecule has 3 aromatic carbocycles. The molecule has 4 rings (SSSR count). The number of carbonyl (C=O) groups is 2. The van der Waals surface area contributed by atoms with Crippen LogP contribution in [0.5, 0.6) is 0 Å². The lowest BCUT2D eigenvalue weighted by atomic mass is 10.1. The summed E-state index contributed by atoms with van der Waals surface area (Å²) in [6.07, 6.45) is 0. The quantitative estimate of drug-likeness (QED) is 0.566. The molecule has 0 fully saturated rings. The van der Waals surface area contributed by atoms with Gasteiger partial charge in [-0.1, -0.05) is 66.4 Å². The first kappa shape index (κ1) is 18.3. The fourth-order valence-corrected chi connectivity index (χ4v) is 4.18. The number of anilines is 1. The second kappa shape index (κ2) is 7.49. The van der Waals surface area contributed by atoms with Gasteiger partial charge in [-0.25, -0.2) is 4.90 Å². The van der Waals surface area contributed by atoms with E-state index in [1.165, 1.54) is 16.7 Å². The van der Waals surface area contributed by atoms with Crippen LogP contribution in [0.25, 0.3) is 5.57 Å². The minimum atomic E-state index is -0.280. The smallest absolute Gasteiger partial charge is 0.268 e. The number of carbonyl (C=O) groups excluding carboxylic acids is 2. The van der Waals surface area contributed by atoms with Crippen molar-refractivity contribution in [3.8, 4) is 0 Å². The van der Waals surface area contributed by atoms with E-state index in [0.717, 1.165) is 21.6 Å². The Kier molecular flexibility index (Phi) is 4.88. The summed E-state index contributed by atoms with van der Waals surface area (Å²) in [4.78, 5) is 29.4. The van der Waals surface area contributed by atoms with Crippen LogP contribution in [0.2, 0.25) is 0 Å². The van der Waals surface area contributed by atoms with Crippen molar-refractivity contribution < 1.29 is 9.59 Å². The minimum Gasteiger partial charge on any atom is -0.268 e. The molecule has 0 saturated carbocycles. The molecule has 0 radical (unpaired) electrons. The van der Waals surface area contributed by atoms with E-state index in [9.17, 15) is 9.59 Å². The zero-order valence-electron chi connectivity index (χ0n) is 15.7. The van der Waals surface area contributed by atoms with E-state index in [1.54, 1.807) is 0 Å². The maximum Gasteiger partial charge on any atom is 0.272 e. The van der Waals surface area contributed by atoms with Crippen LogP contribution in [0.3, 0.4) is 0 Å². The Bertz CT molecular complexity index is 1090. The van der Waals surface area contributed by atoms with Crippen molar-refractivity contribution in [2.45, 2.75) is 18.7 Å². The highest BCUT2D eigenvalue weighted by Gasteiger charge is 2.40.